The maximum absolute atomic E-state index is 13.1. The Balaban J connectivity index is 1.94. The van der Waals surface area contributed by atoms with E-state index in [-0.39, 0.29) is 22.7 Å². The zero-order chi connectivity index (χ0) is 14.3. The predicted octanol–water partition coefficient (Wildman–Crippen LogP) is 2.73. The van der Waals surface area contributed by atoms with Crippen molar-refractivity contribution in [1.29, 1.82) is 0 Å². The Morgan fingerprint density at radius 1 is 1.50 bits per heavy atom. The molecule has 5 nitrogen and oxygen atoms in total. The molecule has 0 aliphatic heterocycles. The highest BCUT2D eigenvalue weighted by atomic mass is 35.5. The molecule has 1 aromatic heterocycles. The van der Waals surface area contributed by atoms with Crippen molar-refractivity contribution in [2.24, 2.45) is 0 Å². The van der Waals surface area contributed by atoms with Gasteiger partial charge in [-0.05, 0) is 31.0 Å². The monoisotopic (exact) mass is 296 g/mol. The molecule has 20 heavy (non-hydrogen) atoms. The maximum Gasteiger partial charge on any atom is 0.321 e. The van der Waals surface area contributed by atoms with Gasteiger partial charge in [0.25, 0.3) is 0 Å². The van der Waals surface area contributed by atoms with E-state index >= 15 is 0 Å². The summed E-state index contributed by atoms with van der Waals surface area (Å²) in [5.41, 5.74) is -0.295. The molecule has 0 spiro atoms. The van der Waals surface area contributed by atoms with Crippen molar-refractivity contribution in [3.8, 4) is 11.4 Å². The van der Waals surface area contributed by atoms with Crippen molar-refractivity contribution in [2.45, 2.75) is 18.3 Å². The molecule has 1 fully saturated rings. The summed E-state index contributed by atoms with van der Waals surface area (Å²) in [5, 5.41) is 3.78. The highest BCUT2D eigenvalue weighted by Gasteiger charge is 2.57. The number of carbonyl (C=O) groups excluding carboxylic acids is 1. The topological polar surface area (TPSA) is 65.2 Å². The summed E-state index contributed by atoms with van der Waals surface area (Å²) in [5.74, 6) is -0.422. The third-order valence-electron chi connectivity index (χ3n) is 3.34. The molecule has 1 aromatic carbocycles. The van der Waals surface area contributed by atoms with Gasteiger partial charge in [0, 0.05) is 5.56 Å². The number of halogens is 2. The van der Waals surface area contributed by atoms with E-state index in [9.17, 15) is 9.18 Å². The van der Waals surface area contributed by atoms with Gasteiger partial charge in [0.2, 0.25) is 11.7 Å². The molecule has 0 saturated heterocycles. The summed E-state index contributed by atoms with van der Waals surface area (Å²) in [6.07, 6.45) is 1.23. The highest BCUT2D eigenvalue weighted by molar-refractivity contribution is 6.31. The Bertz CT molecular complexity index is 682. The number of rotatable bonds is 3. The molecule has 104 valence electrons. The van der Waals surface area contributed by atoms with Crippen LogP contribution in [-0.2, 0) is 14.9 Å². The molecule has 0 amide bonds. The number of nitrogens with zero attached hydrogens (tertiary/aromatic N) is 2. The standard InChI is InChI=1S/C13H10ClFN2O3/c1-19-12(18)13(4-5-13)11-16-10(17-20-11)7-2-3-9(15)8(14)6-7/h2-3,6H,4-5H2,1H3. The van der Waals surface area contributed by atoms with Crippen molar-refractivity contribution >= 4 is 17.6 Å². The fraction of sp³-hybridized carbons (Fsp3) is 0.308. The third kappa shape index (κ3) is 1.96. The summed E-state index contributed by atoms with van der Waals surface area (Å²) in [7, 11) is 1.32. The lowest BCUT2D eigenvalue weighted by molar-refractivity contribution is -0.144. The number of benzene rings is 1. The van der Waals surface area contributed by atoms with Gasteiger partial charge >= 0.3 is 5.97 Å². The molecule has 3 rings (SSSR count). The van der Waals surface area contributed by atoms with E-state index in [1.165, 1.54) is 25.3 Å². The summed E-state index contributed by atoms with van der Waals surface area (Å²) in [6, 6.07) is 4.12. The Hall–Kier alpha value is -1.95. The molecule has 0 unspecified atom stereocenters. The summed E-state index contributed by atoms with van der Waals surface area (Å²) in [4.78, 5) is 15.9. The number of ether oxygens (including phenoxy) is 1. The summed E-state index contributed by atoms with van der Waals surface area (Å²) < 4.78 is 23.0. The van der Waals surface area contributed by atoms with E-state index in [2.05, 4.69) is 10.1 Å². The second kappa shape index (κ2) is 4.56. The lowest BCUT2D eigenvalue weighted by atomic mass is 10.1. The fourth-order valence-electron chi connectivity index (χ4n) is 2.00. The predicted molar refractivity (Wildman–Crippen MR) is 67.6 cm³/mol. The maximum atomic E-state index is 13.1. The average molecular weight is 297 g/mol. The SMILES string of the molecule is COC(=O)C1(c2nc(-c3ccc(F)c(Cl)c3)no2)CC1. The first-order chi connectivity index (χ1) is 9.56. The number of esters is 1. The van der Waals surface area contributed by atoms with Crippen LogP contribution in [0.4, 0.5) is 4.39 Å². The minimum Gasteiger partial charge on any atom is -0.468 e. The zero-order valence-electron chi connectivity index (χ0n) is 10.5. The molecule has 7 heteroatoms. The van der Waals surface area contributed by atoms with Gasteiger partial charge in [-0.1, -0.05) is 16.8 Å². The molecule has 0 N–H and O–H groups in total. The lowest BCUT2D eigenvalue weighted by Gasteiger charge is -2.05. The normalized spacial score (nSPS) is 15.9. The number of hydrogen-bond donors (Lipinski definition) is 0. The van der Waals surface area contributed by atoms with Crippen LogP contribution in [0.3, 0.4) is 0 Å². The van der Waals surface area contributed by atoms with Crippen LogP contribution in [0.2, 0.25) is 5.02 Å². The van der Waals surface area contributed by atoms with Gasteiger partial charge in [0.1, 0.15) is 11.2 Å². The van der Waals surface area contributed by atoms with Gasteiger partial charge in [0.15, 0.2) is 0 Å². The van der Waals surface area contributed by atoms with Crippen LogP contribution < -0.4 is 0 Å². The first-order valence-corrected chi connectivity index (χ1v) is 6.33. The van der Waals surface area contributed by atoms with Crippen molar-refractivity contribution in [1.82, 2.24) is 10.1 Å². The van der Waals surface area contributed by atoms with Gasteiger partial charge < -0.3 is 9.26 Å². The van der Waals surface area contributed by atoms with Crippen molar-refractivity contribution < 1.29 is 18.4 Å². The lowest BCUT2D eigenvalue weighted by Crippen LogP contribution is -2.22. The quantitative estimate of drug-likeness (QED) is 0.815. The zero-order valence-corrected chi connectivity index (χ0v) is 11.3. The van der Waals surface area contributed by atoms with Crippen molar-refractivity contribution in [3.63, 3.8) is 0 Å². The third-order valence-corrected chi connectivity index (χ3v) is 3.63. The Kier molecular flexibility index (Phi) is 2.97. The first-order valence-electron chi connectivity index (χ1n) is 5.95. The number of aromatic nitrogens is 2. The molecule has 1 heterocycles. The molecule has 1 aliphatic rings. The molecule has 1 saturated carbocycles. The molecular formula is C13H10ClFN2O3. The number of methoxy groups -OCH3 is 1. The van der Waals surface area contributed by atoms with Gasteiger partial charge in [-0.3, -0.25) is 4.79 Å². The van der Waals surface area contributed by atoms with Crippen LogP contribution in [-0.4, -0.2) is 23.2 Å². The fourth-order valence-corrected chi connectivity index (χ4v) is 2.18. The van der Waals surface area contributed by atoms with Crippen LogP contribution in [0.15, 0.2) is 22.7 Å². The Morgan fingerprint density at radius 2 is 2.25 bits per heavy atom. The van der Waals surface area contributed by atoms with Crippen LogP contribution in [0.5, 0.6) is 0 Å². The van der Waals surface area contributed by atoms with E-state index in [1.807, 2.05) is 0 Å². The summed E-state index contributed by atoms with van der Waals surface area (Å²) in [6.45, 7) is 0. The average Bonchev–Trinajstić information content (AvgIpc) is 3.11. The van der Waals surface area contributed by atoms with Crippen LogP contribution >= 0.6 is 11.6 Å². The van der Waals surface area contributed by atoms with E-state index in [0.717, 1.165) is 0 Å². The molecule has 1 aliphatic carbocycles. The molecule has 0 bridgehead atoms. The van der Waals surface area contributed by atoms with Gasteiger partial charge in [-0.25, -0.2) is 4.39 Å². The highest BCUT2D eigenvalue weighted by Crippen LogP contribution is 2.48. The first kappa shape index (κ1) is 13.1. The van der Waals surface area contributed by atoms with E-state index in [4.69, 9.17) is 20.9 Å². The van der Waals surface area contributed by atoms with Gasteiger partial charge in [-0.2, -0.15) is 4.98 Å². The van der Waals surface area contributed by atoms with E-state index in [0.29, 0.717) is 18.4 Å². The Morgan fingerprint density at radius 3 is 2.85 bits per heavy atom. The number of carbonyl (C=O) groups is 1. The summed E-state index contributed by atoms with van der Waals surface area (Å²) >= 11 is 5.71. The molecule has 2 aromatic rings. The minimum absolute atomic E-state index is 0.0250. The van der Waals surface area contributed by atoms with Crippen molar-refractivity contribution in [2.75, 3.05) is 7.11 Å². The van der Waals surface area contributed by atoms with Crippen molar-refractivity contribution in [3.05, 3.63) is 34.9 Å². The van der Waals surface area contributed by atoms with Crippen LogP contribution in [0.1, 0.15) is 18.7 Å². The number of hydrogen-bond acceptors (Lipinski definition) is 5. The van der Waals surface area contributed by atoms with E-state index in [1.54, 1.807) is 0 Å². The Labute approximate surface area is 118 Å². The molecule has 0 atom stereocenters. The molecular weight excluding hydrogens is 287 g/mol. The van der Waals surface area contributed by atoms with Crippen LogP contribution in [0.25, 0.3) is 11.4 Å². The second-order valence-corrected chi connectivity index (χ2v) is 5.03. The minimum atomic E-state index is -0.816. The van der Waals surface area contributed by atoms with E-state index < -0.39 is 11.2 Å². The smallest absolute Gasteiger partial charge is 0.321 e. The largest absolute Gasteiger partial charge is 0.468 e. The second-order valence-electron chi connectivity index (χ2n) is 4.63. The van der Waals surface area contributed by atoms with Gasteiger partial charge in [0.05, 0.1) is 12.1 Å². The van der Waals surface area contributed by atoms with Crippen LogP contribution in [0, 0.1) is 5.82 Å². The molecule has 0 radical (unpaired) electrons. The van der Waals surface area contributed by atoms with Gasteiger partial charge in [-0.15, -0.1) is 0 Å².